The molecule has 3 heterocycles. The van der Waals surface area contributed by atoms with Crippen LogP contribution in [-0.2, 0) is 13.0 Å². The number of anilines is 1. The second kappa shape index (κ2) is 8.39. The van der Waals surface area contributed by atoms with Gasteiger partial charge in [-0.2, -0.15) is 5.10 Å². The van der Waals surface area contributed by atoms with Gasteiger partial charge in [-0.3, -0.25) is 4.79 Å². The fraction of sp³-hybridized carbons (Fsp3) is 0.381. The second-order valence-electron chi connectivity index (χ2n) is 7.30. The maximum atomic E-state index is 11.8. The number of likely N-dealkylation sites (N-methyl/N-ethyl adjacent to an activating group) is 1. The molecule has 1 atom stereocenters. The number of benzene rings is 1. The van der Waals surface area contributed by atoms with Gasteiger partial charge in [0, 0.05) is 25.2 Å². The van der Waals surface area contributed by atoms with Gasteiger partial charge < -0.3 is 14.8 Å². The van der Waals surface area contributed by atoms with Gasteiger partial charge >= 0.3 is 0 Å². The molecule has 8 heteroatoms. The summed E-state index contributed by atoms with van der Waals surface area (Å²) in [5.41, 5.74) is 5.01. The number of rotatable bonds is 6. The van der Waals surface area contributed by atoms with E-state index in [4.69, 9.17) is 11.6 Å². The maximum absolute atomic E-state index is 11.8. The first-order valence-corrected chi connectivity index (χ1v) is 10.3. The van der Waals surface area contributed by atoms with Crippen molar-refractivity contribution in [1.29, 1.82) is 0 Å². The first-order valence-electron chi connectivity index (χ1n) is 9.91. The SMILES string of the molecule is CC[C@@H](CNC)c1ccccc1-n1cnc2c1CCN(c1cn[nH]c(=O)c1Cl)C2. The molecule has 4 rings (SSSR count). The van der Waals surface area contributed by atoms with Crippen LogP contribution < -0.4 is 15.8 Å². The summed E-state index contributed by atoms with van der Waals surface area (Å²) in [5.74, 6) is 0.440. The Labute approximate surface area is 174 Å². The average Bonchev–Trinajstić information content (AvgIpc) is 3.17. The standard InChI is InChI=1S/C21H25ClN6O/c1-3-14(10-23-2)15-6-4-5-7-17(15)28-13-24-16-12-27(9-8-18(16)28)19-11-25-26-21(29)20(19)22/h4-7,11,13-14,23H,3,8-10,12H2,1-2H3,(H,26,29)/t14-/m0/s1. The number of halogens is 1. The van der Waals surface area contributed by atoms with E-state index in [1.54, 1.807) is 6.20 Å². The van der Waals surface area contributed by atoms with Gasteiger partial charge in [-0.15, -0.1) is 0 Å². The largest absolute Gasteiger partial charge is 0.362 e. The highest BCUT2D eigenvalue weighted by Gasteiger charge is 2.25. The lowest BCUT2D eigenvalue weighted by molar-refractivity contribution is 0.607. The Kier molecular flexibility index (Phi) is 5.69. The summed E-state index contributed by atoms with van der Waals surface area (Å²) < 4.78 is 2.22. The van der Waals surface area contributed by atoms with Gasteiger partial charge in [0.05, 0.1) is 36.1 Å². The third-order valence-electron chi connectivity index (χ3n) is 5.61. The maximum Gasteiger partial charge on any atom is 0.285 e. The highest BCUT2D eigenvalue weighted by molar-refractivity contribution is 6.32. The van der Waals surface area contributed by atoms with Crippen molar-refractivity contribution in [2.75, 3.05) is 25.0 Å². The molecule has 0 aliphatic carbocycles. The molecule has 0 unspecified atom stereocenters. The molecular formula is C21H25ClN6O. The molecule has 0 amide bonds. The lowest BCUT2D eigenvalue weighted by Gasteiger charge is -2.29. The van der Waals surface area contributed by atoms with E-state index in [0.29, 0.717) is 18.2 Å². The summed E-state index contributed by atoms with van der Waals surface area (Å²) in [6.07, 6.45) is 5.40. The number of H-pyrrole nitrogens is 1. The molecule has 152 valence electrons. The zero-order valence-electron chi connectivity index (χ0n) is 16.7. The van der Waals surface area contributed by atoms with E-state index in [9.17, 15) is 4.79 Å². The topological polar surface area (TPSA) is 78.8 Å². The summed E-state index contributed by atoms with van der Waals surface area (Å²) in [4.78, 5) is 18.5. The van der Waals surface area contributed by atoms with Crippen molar-refractivity contribution in [1.82, 2.24) is 25.1 Å². The van der Waals surface area contributed by atoms with E-state index in [-0.39, 0.29) is 10.6 Å². The van der Waals surface area contributed by atoms with Gasteiger partial charge in [-0.1, -0.05) is 36.7 Å². The summed E-state index contributed by atoms with van der Waals surface area (Å²) >= 11 is 6.20. The third-order valence-corrected chi connectivity index (χ3v) is 5.97. The quantitative estimate of drug-likeness (QED) is 0.650. The molecule has 0 fully saturated rings. The number of nitrogens with zero attached hydrogens (tertiary/aromatic N) is 4. The normalized spacial score (nSPS) is 14.7. The van der Waals surface area contributed by atoms with E-state index in [1.807, 2.05) is 13.4 Å². The predicted octanol–water partition coefficient (Wildman–Crippen LogP) is 2.88. The van der Waals surface area contributed by atoms with Crippen molar-refractivity contribution in [2.45, 2.75) is 32.2 Å². The molecule has 0 saturated carbocycles. The van der Waals surface area contributed by atoms with Crippen LogP contribution in [0.5, 0.6) is 0 Å². The Balaban J connectivity index is 1.68. The molecule has 1 aliphatic rings. The van der Waals surface area contributed by atoms with Crippen molar-refractivity contribution in [3.05, 3.63) is 69.1 Å². The fourth-order valence-corrected chi connectivity index (χ4v) is 4.30. The molecule has 7 nitrogen and oxygen atoms in total. The zero-order valence-corrected chi connectivity index (χ0v) is 17.4. The molecular weight excluding hydrogens is 388 g/mol. The van der Waals surface area contributed by atoms with Crippen LogP contribution in [0.15, 0.2) is 41.6 Å². The average molecular weight is 413 g/mol. The van der Waals surface area contributed by atoms with E-state index >= 15 is 0 Å². The third kappa shape index (κ3) is 3.68. The number of para-hydroxylation sites is 1. The minimum atomic E-state index is -0.371. The lowest BCUT2D eigenvalue weighted by Crippen LogP contribution is -2.32. The van der Waals surface area contributed by atoms with E-state index in [2.05, 4.69) is 61.2 Å². The van der Waals surface area contributed by atoms with Crippen LogP contribution in [0.3, 0.4) is 0 Å². The number of imidazole rings is 1. The van der Waals surface area contributed by atoms with Crippen LogP contribution in [0.4, 0.5) is 5.69 Å². The first-order chi connectivity index (χ1) is 14.1. The van der Waals surface area contributed by atoms with Crippen LogP contribution in [-0.4, -0.2) is 39.9 Å². The molecule has 1 aliphatic heterocycles. The molecule has 2 N–H and O–H groups in total. The molecule has 0 spiro atoms. The lowest BCUT2D eigenvalue weighted by atomic mass is 9.94. The molecule has 29 heavy (non-hydrogen) atoms. The van der Waals surface area contributed by atoms with Gasteiger partial charge in [-0.25, -0.2) is 10.1 Å². The van der Waals surface area contributed by atoms with Gasteiger partial charge in [0.1, 0.15) is 5.02 Å². The molecule has 0 saturated heterocycles. The van der Waals surface area contributed by atoms with Crippen molar-refractivity contribution in [2.24, 2.45) is 0 Å². The highest BCUT2D eigenvalue weighted by Crippen LogP contribution is 2.31. The van der Waals surface area contributed by atoms with Gasteiger partial charge in [0.2, 0.25) is 0 Å². The van der Waals surface area contributed by atoms with Crippen LogP contribution in [0, 0.1) is 0 Å². The number of hydrogen-bond donors (Lipinski definition) is 2. The summed E-state index contributed by atoms with van der Waals surface area (Å²) in [6, 6.07) is 8.56. The minimum Gasteiger partial charge on any atom is -0.362 e. The Bertz CT molecular complexity index is 1060. The Morgan fingerprint density at radius 3 is 2.93 bits per heavy atom. The molecule has 0 bridgehead atoms. The number of aromatic nitrogens is 4. The number of nitrogens with one attached hydrogen (secondary N) is 2. The van der Waals surface area contributed by atoms with Gasteiger partial charge in [0.25, 0.3) is 5.56 Å². The predicted molar refractivity (Wildman–Crippen MR) is 115 cm³/mol. The van der Waals surface area contributed by atoms with E-state index in [1.165, 1.54) is 16.9 Å². The van der Waals surface area contributed by atoms with Gasteiger partial charge in [-0.05, 0) is 31.0 Å². The van der Waals surface area contributed by atoms with Crippen molar-refractivity contribution in [3.8, 4) is 5.69 Å². The first kappa shape index (κ1) is 19.7. The van der Waals surface area contributed by atoms with Crippen LogP contribution in [0.2, 0.25) is 5.02 Å². The van der Waals surface area contributed by atoms with E-state index < -0.39 is 0 Å². The summed E-state index contributed by atoms with van der Waals surface area (Å²) in [6.45, 7) is 4.51. The summed E-state index contributed by atoms with van der Waals surface area (Å²) in [5, 5.41) is 9.74. The van der Waals surface area contributed by atoms with Gasteiger partial charge in [0.15, 0.2) is 0 Å². The smallest absolute Gasteiger partial charge is 0.285 e. The molecule has 2 aromatic heterocycles. The Morgan fingerprint density at radius 2 is 2.14 bits per heavy atom. The van der Waals surface area contributed by atoms with Crippen LogP contribution >= 0.6 is 11.6 Å². The number of fused-ring (bicyclic) bond motifs is 1. The monoisotopic (exact) mass is 412 g/mol. The van der Waals surface area contributed by atoms with Crippen molar-refractivity contribution >= 4 is 17.3 Å². The molecule has 3 aromatic rings. The number of hydrogen-bond acceptors (Lipinski definition) is 5. The zero-order chi connectivity index (χ0) is 20.4. The van der Waals surface area contributed by atoms with Crippen molar-refractivity contribution in [3.63, 3.8) is 0 Å². The number of aromatic amines is 1. The summed E-state index contributed by atoms with van der Waals surface area (Å²) in [7, 11) is 1.99. The molecule has 0 radical (unpaired) electrons. The van der Waals surface area contributed by atoms with E-state index in [0.717, 1.165) is 31.6 Å². The van der Waals surface area contributed by atoms with Crippen LogP contribution in [0.1, 0.15) is 36.2 Å². The second-order valence-corrected chi connectivity index (χ2v) is 7.68. The van der Waals surface area contributed by atoms with Crippen molar-refractivity contribution < 1.29 is 0 Å². The Hall–Kier alpha value is -2.64. The highest BCUT2D eigenvalue weighted by atomic mass is 35.5. The minimum absolute atomic E-state index is 0.172. The fourth-order valence-electron chi connectivity index (χ4n) is 4.09. The van der Waals surface area contributed by atoms with Crippen LogP contribution in [0.25, 0.3) is 5.69 Å². The Morgan fingerprint density at radius 1 is 1.31 bits per heavy atom. The molecule has 1 aromatic carbocycles.